The van der Waals surface area contributed by atoms with Crippen LogP contribution in [0.1, 0.15) is 0 Å². The molecule has 0 unspecified atom stereocenters. The molecule has 2 rings (SSSR count). The maximum atomic E-state index is 10.5. The van der Waals surface area contributed by atoms with Crippen molar-refractivity contribution in [2.45, 2.75) is 0 Å². The van der Waals surface area contributed by atoms with E-state index in [0.29, 0.717) is 0 Å². The number of hydrogen-bond acceptors (Lipinski definition) is 4. The van der Waals surface area contributed by atoms with Crippen molar-refractivity contribution in [1.82, 2.24) is 0 Å². The van der Waals surface area contributed by atoms with Crippen LogP contribution in [0.5, 0.6) is 0 Å². The molecule has 0 amide bonds. The Hall–Kier alpha value is -2.02. The molecule has 0 aromatic heterocycles. The van der Waals surface area contributed by atoms with Crippen LogP contribution in [0.4, 0.5) is 36.6 Å². The molecule has 0 aliphatic carbocycles. The van der Waals surface area contributed by atoms with Crippen LogP contribution >= 0.6 is 7.81 Å². The number of benzene rings is 2. The van der Waals surface area contributed by atoms with Crippen LogP contribution in [0, 0.1) is 27.4 Å². The number of nitro groups is 2. The van der Waals surface area contributed by atoms with Crippen molar-refractivity contribution >= 4 is 19.2 Å². The number of nitro benzene ring substituents is 2. The smallest absolute Gasteiger partial charge is 0.258 e. The normalized spacial score (nSPS) is 13.6. The summed E-state index contributed by atoms with van der Waals surface area (Å²) >= 11 is -0.482. The Morgan fingerprint density at radius 2 is 0.885 bits per heavy atom. The monoisotopic (exact) mass is 516 g/mol. The molecular weight excluding hydrogens is 508 g/mol. The Morgan fingerprint density at radius 1 is 0.654 bits per heavy atom. The third-order valence-electron chi connectivity index (χ3n) is 2.29. The van der Waals surface area contributed by atoms with Gasteiger partial charge in [-0.15, -0.1) is 0 Å². The van der Waals surface area contributed by atoms with Gasteiger partial charge in [-0.3, -0.25) is 20.2 Å². The summed E-state index contributed by atoms with van der Waals surface area (Å²) < 4.78 is 61.2. The third kappa shape index (κ3) is 10.8. The molecule has 2 aromatic rings. The zero-order valence-corrected chi connectivity index (χ0v) is 15.3. The quantitative estimate of drug-likeness (QED) is 0.206. The average Bonchev–Trinajstić information content (AvgIpc) is 2.45. The summed E-state index contributed by atoms with van der Waals surface area (Å²) in [6.07, 6.45) is 0. The Morgan fingerprint density at radius 3 is 1.08 bits per heavy atom. The van der Waals surface area contributed by atoms with Crippen molar-refractivity contribution in [2.75, 3.05) is 0 Å². The standard InChI is InChI=1S/C12H8IN2O4.F6P/c16-14(17)11-5-1-9(2-6-11)13-10-3-7-12(8-4-10)15(18)19;1-7(2,3,4,5)6/h1-8H;/q+1;-1. The molecule has 0 atom stereocenters. The molecule has 144 valence electrons. The fraction of sp³-hybridized carbons (Fsp3) is 0. The molecule has 0 N–H and O–H groups in total. The fourth-order valence-electron chi connectivity index (χ4n) is 1.38. The Kier molecular flexibility index (Phi) is 5.88. The van der Waals surface area contributed by atoms with E-state index >= 15 is 0 Å². The van der Waals surface area contributed by atoms with Gasteiger partial charge < -0.3 is 0 Å². The van der Waals surface area contributed by atoms with E-state index in [2.05, 4.69) is 0 Å². The molecule has 0 saturated carbocycles. The minimum atomic E-state index is -10.7. The summed E-state index contributed by atoms with van der Waals surface area (Å²) in [5, 5.41) is 21.0. The maximum absolute atomic E-state index is 10.7. The molecule has 0 saturated heterocycles. The Labute approximate surface area is 151 Å². The molecule has 2 aromatic carbocycles. The van der Waals surface area contributed by atoms with Crippen LogP contribution in [-0.4, -0.2) is 9.85 Å². The minimum absolute atomic E-state index is 0.0662. The van der Waals surface area contributed by atoms with E-state index in [1.807, 2.05) is 0 Å². The van der Waals surface area contributed by atoms with E-state index in [0.717, 1.165) is 7.14 Å². The number of nitrogens with zero attached hydrogens (tertiary/aromatic N) is 2. The molecule has 14 heteroatoms. The van der Waals surface area contributed by atoms with Crippen LogP contribution in [0.25, 0.3) is 0 Å². The summed E-state index contributed by atoms with van der Waals surface area (Å²) in [6.45, 7) is 0. The summed E-state index contributed by atoms with van der Waals surface area (Å²) in [7, 11) is -10.7. The van der Waals surface area contributed by atoms with Gasteiger partial charge in [-0.2, -0.15) is 0 Å². The topological polar surface area (TPSA) is 86.3 Å². The van der Waals surface area contributed by atoms with Gasteiger partial charge in [-0.1, -0.05) is 0 Å². The molecular formula is C12H8F6IN2O4P. The number of non-ortho nitro benzene ring substituents is 2. The van der Waals surface area contributed by atoms with Gasteiger partial charge in [0.25, 0.3) is 11.4 Å². The van der Waals surface area contributed by atoms with Gasteiger partial charge in [0.05, 0.1) is 9.85 Å². The predicted octanol–water partition coefficient (Wildman–Crippen LogP) is 3.01. The summed E-state index contributed by atoms with van der Waals surface area (Å²) in [5.41, 5.74) is 0.132. The molecule has 0 radical (unpaired) electrons. The molecule has 6 nitrogen and oxygen atoms in total. The van der Waals surface area contributed by atoms with E-state index in [1.54, 1.807) is 24.3 Å². The first-order valence-electron chi connectivity index (χ1n) is 6.21. The minimum Gasteiger partial charge on any atom is -0.258 e. The van der Waals surface area contributed by atoms with E-state index in [9.17, 15) is 45.4 Å². The van der Waals surface area contributed by atoms with Crippen LogP contribution < -0.4 is 21.2 Å². The SMILES string of the molecule is F[P-](F)(F)(F)(F)F.O=[N+]([O-])c1ccc([I+]c2ccc([N+](=O)[O-])cc2)cc1. The van der Waals surface area contributed by atoms with Crippen molar-refractivity contribution in [3.05, 3.63) is 75.9 Å². The van der Waals surface area contributed by atoms with Gasteiger partial charge in [-0.05, 0) is 24.3 Å². The van der Waals surface area contributed by atoms with E-state index in [1.165, 1.54) is 24.3 Å². The van der Waals surface area contributed by atoms with Gasteiger partial charge in [0, 0.05) is 24.3 Å². The van der Waals surface area contributed by atoms with E-state index in [4.69, 9.17) is 0 Å². The first-order chi connectivity index (χ1) is 11.5. The molecule has 0 aliphatic rings. The van der Waals surface area contributed by atoms with Gasteiger partial charge in [0.15, 0.2) is 7.14 Å². The number of halogens is 7. The summed E-state index contributed by atoms with van der Waals surface area (Å²) in [4.78, 5) is 20.2. The molecule has 0 fully saturated rings. The van der Waals surface area contributed by atoms with Crippen LogP contribution in [0.15, 0.2) is 48.5 Å². The van der Waals surface area contributed by atoms with Gasteiger partial charge in [0.1, 0.15) is 0 Å². The van der Waals surface area contributed by atoms with Crippen molar-refractivity contribution in [3.8, 4) is 0 Å². The first kappa shape index (κ1) is 22.0. The maximum Gasteiger partial charge on any atom is 0.357 e. The summed E-state index contributed by atoms with van der Waals surface area (Å²) in [6, 6.07) is 12.8. The largest absolute Gasteiger partial charge is 0.357 e. The van der Waals surface area contributed by atoms with Crippen LogP contribution in [0.2, 0.25) is 0 Å². The van der Waals surface area contributed by atoms with Crippen molar-refractivity contribution in [1.29, 1.82) is 0 Å². The van der Waals surface area contributed by atoms with Gasteiger partial charge in [0.2, 0.25) is 0 Å². The molecule has 0 spiro atoms. The van der Waals surface area contributed by atoms with E-state index in [-0.39, 0.29) is 11.4 Å². The zero-order chi connectivity index (χ0) is 20.2. The third-order valence-corrected chi connectivity index (χ3v) is 4.98. The van der Waals surface area contributed by atoms with Crippen molar-refractivity contribution in [3.63, 3.8) is 0 Å². The molecule has 0 bridgehead atoms. The summed E-state index contributed by atoms with van der Waals surface area (Å²) in [5.74, 6) is 0. The molecule has 26 heavy (non-hydrogen) atoms. The Balaban J connectivity index is 0.000000412. The van der Waals surface area contributed by atoms with Gasteiger partial charge >= 0.3 is 54.2 Å². The zero-order valence-electron chi connectivity index (χ0n) is 12.2. The van der Waals surface area contributed by atoms with E-state index < -0.39 is 38.9 Å². The second-order valence-corrected chi connectivity index (χ2v) is 9.47. The number of rotatable bonds is 4. The van der Waals surface area contributed by atoms with Crippen LogP contribution in [0.3, 0.4) is 0 Å². The second kappa shape index (κ2) is 6.95. The number of hydrogen-bond donors (Lipinski definition) is 0. The van der Waals surface area contributed by atoms with Crippen LogP contribution in [-0.2, 0) is 0 Å². The molecule has 0 heterocycles. The average molecular weight is 516 g/mol. The first-order valence-corrected chi connectivity index (χ1v) is 10.4. The van der Waals surface area contributed by atoms with Gasteiger partial charge in [-0.25, -0.2) is 0 Å². The second-order valence-electron chi connectivity index (χ2n) is 4.52. The fourth-order valence-corrected chi connectivity index (χ4v) is 3.54. The van der Waals surface area contributed by atoms with Crippen molar-refractivity contribution in [2.24, 2.45) is 0 Å². The Bertz CT molecular complexity index is 746. The van der Waals surface area contributed by atoms with Crippen molar-refractivity contribution < 1.29 is 56.2 Å². The predicted molar refractivity (Wildman–Crippen MR) is 77.2 cm³/mol. The molecule has 0 aliphatic heterocycles.